The number of rotatable bonds is 6. The Bertz CT molecular complexity index is 1320. The van der Waals surface area contributed by atoms with Crippen LogP contribution in [-0.4, -0.2) is 29.3 Å². The molecular weight excluding hydrogens is 478 g/mol. The first kappa shape index (κ1) is 23.8. The minimum atomic E-state index is -3.36. The zero-order chi connectivity index (χ0) is 24.6. The molecule has 7 nitrogen and oxygen atoms in total. The third-order valence-electron chi connectivity index (χ3n) is 6.96. The minimum Gasteiger partial charge on any atom is -0.351 e. The summed E-state index contributed by atoms with van der Waals surface area (Å²) < 4.78 is 28.5. The number of nitrogens with zero attached hydrogens (tertiary/aromatic N) is 3. The van der Waals surface area contributed by atoms with E-state index in [-0.39, 0.29) is 12.1 Å². The van der Waals surface area contributed by atoms with E-state index in [1.54, 1.807) is 6.07 Å². The second-order valence-corrected chi connectivity index (χ2v) is 11.7. The smallest absolute Gasteiger partial charge is 0.229 e. The van der Waals surface area contributed by atoms with Crippen molar-refractivity contribution in [2.75, 3.05) is 15.9 Å². The van der Waals surface area contributed by atoms with E-state index in [0.717, 1.165) is 23.2 Å². The van der Waals surface area contributed by atoms with Crippen molar-refractivity contribution < 1.29 is 8.42 Å². The number of aromatic nitrogens is 2. The molecule has 0 spiro atoms. The van der Waals surface area contributed by atoms with Crippen molar-refractivity contribution in [1.82, 2.24) is 14.9 Å². The maximum atomic E-state index is 11.8. The van der Waals surface area contributed by atoms with Gasteiger partial charge in [0.15, 0.2) is 5.11 Å². The van der Waals surface area contributed by atoms with Crippen molar-refractivity contribution in [3.05, 3.63) is 77.9 Å². The first-order chi connectivity index (χ1) is 16.8. The normalized spacial score (nSPS) is 21.2. The molecule has 1 aliphatic heterocycles. The summed E-state index contributed by atoms with van der Waals surface area (Å²) in [6, 6.07) is 14.2. The van der Waals surface area contributed by atoms with Crippen LogP contribution in [0.15, 0.2) is 61.1 Å². The molecule has 1 saturated heterocycles. The number of nitrogens with one attached hydrogen (secondary N) is 2. The van der Waals surface area contributed by atoms with Crippen LogP contribution in [0.3, 0.4) is 0 Å². The Balaban J connectivity index is 1.54. The lowest BCUT2D eigenvalue weighted by atomic mass is 9.95. The van der Waals surface area contributed by atoms with Gasteiger partial charge in [0.1, 0.15) is 0 Å². The minimum absolute atomic E-state index is 0.0876. The largest absolute Gasteiger partial charge is 0.351 e. The monoisotopic (exact) mass is 509 g/mol. The molecule has 0 bridgehead atoms. The van der Waals surface area contributed by atoms with Gasteiger partial charge in [0.2, 0.25) is 10.0 Å². The molecule has 2 aliphatic rings. The number of sulfonamides is 1. The molecule has 3 heterocycles. The van der Waals surface area contributed by atoms with Crippen molar-refractivity contribution in [2.45, 2.75) is 57.2 Å². The van der Waals surface area contributed by atoms with Gasteiger partial charge in [0, 0.05) is 30.3 Å². The fourth-order valence-corrected chi connectivity index (χ4v) is 6.27. The van der Waals surface area contributed by atoms with Crippen molar-refractivity contribution in [2.24, 2.45) is 0 Å². The zero-order valence-electron chi connectivity index (χ0n) is 20.0. The molecule has 0 unspecified atom stereocenters. The Morgan fingerprint density at radius 1 is 1.11 bits per heavy atom. The average Bonchev–Trinajstić information content (AvgIpc) is 3.45. The van der Waals surface area contributed by atoms with E-state index in [1.807, 2.05) is 43.5 Å². The van der Waals surface area contributed by atoms with E-state index >= 15 is 0 Å². The van der Waals surface area contributed by atoms with Crippen molar-refractivity contribution in [3.63, 3.8) is 0 Å². The van der Waals surface area contributed by atoms with Crippen LogP contribution in [0.25, 0.3) is 0 Å². The first-order valence-electron chi connectivity index (χ1n) is 12.1. The van der Waals surface area contributed by atoms with E-state index in [9.17, 15) is 8.42 Å². The fraction of sp³-hybridized carbons (Fsp3) is 0.385. The van der Waals surface area contributed by atoms with Gasteiger partial charge in [0.05, 0.1) is 29.7 Å². The van der Waals surface area contributed by atoms with Crippen molar-refractivity contribution >= 4 is 38.7 Å². The summed E-state index contributed by atoms with van der Waals surface area (Å²) in [7, 11) is -3.36. The molecule has 2 N–H and O–H groups in total. The summed E-state index contributed by atoms with van der Waals surface area (Å²) in [6.07, 6.45) is 13.8. The number of hydrogen-bond donors (Lipinski definition) is 2. The van der Waals surface area contributed by atoms with Gasteiger partial charge < -0.3 is 14.8 Å². The predicted octanol–water partition coefficient (Wildman–Crippen LogP) is 5.25. The van der Waals surface area contributed by atoms with Crippen LogP contribution in [0.1, 0.15) is 67.1 Å². The van der Waals surface area contributed by atoms with Gasteiger partial charge in [0.25, 0.3) is 0 Å². The van der Waals surface area contributed by atoms with Gasteiger partial charge >= 0.3 is 0 Å². The van der Waals surface area contributed by atoms with E-state index in [0.29, 0.717) is 16.8 Å². The Morgan fingerprint density at radius 2 is 1.91 bits per heavy atom. The van der Waals surface area contributed by atoms with Gasteiger partial charge in [-0.1, -0.05) is 25.3 Å². The molecule has 1 aromatic carbocycles. The summed E-state index contributed by atoms with van der Waals surface area (Å²) in [5, 5.41) is 4.13. The second kappa shape index (κ2) is 9.62. The maximum Gasteiger partial charge on any atom is 0.229 e. The standard InChI is InChI=1S/C26H31N5O2S2/c1-18-16-21(11-12-22(18)29-35(2,32)33)31-25(24(28-26(31)34)23-10-6-7-14-27-23)19-13-15-30(17-19)20-8-4-3-5-9-20/h6-7,10-17,20,24-25,29H,3-5,8-9H2,1-2H3,(H,28,34)/t24-,25+/m1/s1. The highest BCUT2D eigenvalue weighted by Crippen LogP contribution is 2.43. The molecule has 5 rings (SSSR count). The summed E-state index contributed by atoms with van der Waals surface area (Å²) >= 11 is 5.84. The van der Waals surface area contributed by atoms with Gasteiger partial charge in [-0.05, 0) is 79.5 Å². The van der Waals surface area contributed by atoms with Crippen LogP contribution in [0.5, 0.6) is 0 Å². The molecule has 35 heavy (non-hydrogen) atoms. The highest BCUT2D eigenvalue weighted by molar-refractivity contribution is 7.92. The number of benzene rings is 1. The van der Waals surface area contributed by atoms with Gasteiger partial charge in [-0.2, -0.15) is 0 Å². The highest BCUT2D eigenvalue weighted by Gasteiger charge is 2.41. The molecule has 0 amide bonds. The number of aryl methyl sites for hydroxylation is 1. The Kier molecular flexibility index (Phi) is 6.55. The number of pyridine rings is 1. The van der Waals surface area contributed by atoms with Crippen LogP contribution in [-0.2, 0) is 10.0 Å². The van der Waals surface area contributed by atoms with Gasteiger partial charge in [-0.3, -0.25) is 9.71 Å². The SMILES string of the molecule is Cc1cc(N2C(=S)N[C@H](c3ccccn3)[C@@H]2c2ccn(C3CCCCC3)c2)ccc1NS(C)(=O)=O. The zero-order valence-corrected chi connectivity index (χ0v) is 21.6. The van der Waals surface area contributed by atoms with Crippen LogP contribution in [0.4, 0.5) is 11.4 Å². The average molecular weight is 510 g/mol. The maximum absolute atomic E-state index is 11.8. The molecule has 2 aromatic heterocycles. The molecule has 0 radical (unpaired) electrons. The summed E-state index contributed by atoms with van der Waals surface area (Å²) in [5.41, 5.74) is 4.41. The van der Waals surface area contributed by atoms with Crippen LogP contribution >= 0.6 is 12.2 Å². The van der Waals surface area contributed by atoms with Crippen LogP contribution < -0.4 is 14.9 Å². The lowest BCUT2D eigenvalue weighted by molar-refractivity contribution is 0.353. The molecule has 1 saturated carbocycles. The lowest BCUT2D eigenvalue weighted by Gasteiger charge is -2.28. The molecule has 9 heteroatoms. The number of anilines is 2. The third-order valence-corrected chi connectivity index (χ3v) is 7.86. The van der Waals surface area contributed by atoms with E-state index in [2.05, 4.69) is 42.9 Å². The summed E-state index contributed by atoms with van der Waals surface area (Å²) in [4.78, 5) is 6.77. The second-order valence-electron chi connectivity index (χ2n) is 9.55. The predicted molar refractivity (Wildman–Crippen MR) is 144 cm³/mol. The highest BCUT2D eigenvalue weighted by atomic mass is 32.2. The van der Waals surface area contributed by atoms with Crippen LogP contribution in [0, 0.1) is 6.92 Å². The molecule has 1 aliphatic carbocycles. The quantitative estimate of drug-likeness (QED) is 0.442. The van der Waals surface area contributed by atoms with Crippen LogP contribution in [0.2, 0.25) is 0 Å². The molecule has 3 aromatic rings. The Hall–Kier alpha value is -2.91. The Labute approximate surface area is 212 Å². The number of thiocarbonyl (C=S) groups is 1. The first-order valence-corrected chi connectivity index (χ1v) is 14.4. The summed E-state index contributed by atoms with van der Waals surface area (Å²) in [5.74, 6) is 0. The summed E-state index contributed by atoms with van der Waals surface area (Å²) in [6.45, 7) is 1.90. The molecule has 2 atom stereocenters. The topological polar surface area (TPSA) is 79.3 Å². The van der Waals surface area contributed by atoms with E-state index in [4.69, 9.17) is 12.2 Å². The molecular formula is C26H31N5O2S2. The van der Waals surface area contributed by atoms with Crippen molar-refractivity contribution in [3.8, 4) is 0 Å². The third kappa shape index (κ3) is 5.06. The van der Waals surface area contributed by atoms with Gasteiger partial charge in [-0.15, -0.1) is 0 Å². The van der Waals surface area contributed by atoms with Crippen molar-refractivity contribution in [1.29, 1.82) is 0 Å². The molecule has 184 valence electrons. The van der Waals surface area contributed by atoms with E-state index < -0.39 is 10.0 Å². The number of hydrogen-bond acceptors (Lipinski definition) is 4. The van der Waals surface area contributed by atoms with Gasteiger partial charge in [-0.25, -0.2) is 8.42 Å². The van der Waals surface area contributed by atoms with E-state index in [1.165, 1.54) is 37.7 Å². The molecule has 2 fully saturated rings. The Morgan fingerprint density at radius 3 is 2.60 bits per heavy atom. The lowest BCUT2D eigenvalue weighted by Crippen LogP contribution is -2.29. The fourth-order valence-electron chi connectivity index (χ4n) is 5.30.